The number of hydrogen-bond acceptors (Lipinski definition) is 5. The number of nitrogens with one attached hydrogen (secondary N) is 1. The highest BCUT2D eigenvalue weighted by Crippen LogP contribution is 2.25. The van der Waals surface area contributed by atoms with Crippen molar-refractivity contribution >= 4 is 5.91 Å². The number of amides is 1. The molecule has 2 aromatic rings. The highest BCUT2D eigenvalue weighted by atomic mass is 16.1. The molecule has 3 N–H and O–H groups in total. The smallest absolute Gasteiger partial charge is 0.222 e. The molecular formula is C17H24N6O. The third-order valence-corrected chi connectivity index (χ3v) is 4.84. The van der Waals surface area contributed by atoms with Crippen molar-refractivity contribution in [2.45, 2.75) is 52.1 Å². The zero-order valence-electron chi connectivity index (χ0n) is 14.2. The molecule has 1 amide bonds. The van der Waals surface area contributed by atoms with Crippen molar-refractivity contribution in [1.29, 1.82) is 0 Å². The summed E-state index contributed by atoms with van der Waals surface area (Å²) >= 11 is 0. The van der Waals surface area contributed by atoms with Gasteiger partial charge in [-0.05, 0) is 48.2 Å². The van der Waals surface area contributed by atoms with Crippen LogP contribution in [0, 0.1) is 19.8 Å². The zero-order valence-corrected chi connectivity index (χ0v) is 14.2. The van der Waals surface area contributed by atoms with E-state index in [0.717, 1.165) is 48.3 Å². The van der Waals surface area contributed by atoms with Crippen LogP contribution in [0.1, 0.15) is 42.6 Å². The summed E-state index contributed by atoms with van der Waals surface area (Å²) in [5.74, 6) is 0.408. The molecule has 0 aliphatic heterocycles. The van der Waals surface area contributed by atoms with Crippen LogP contribution in [0.25, 0.3) is 5.69 Å². The van der Waals surface area contributed by atoms with Crippen LogP contribution >= 0.6 is 0 Å². The maximum Gasteiger partial charge on any atom is 0.222 e. The predicted molar refractivity (Wildman–Crippen MR) is 90.4 cm³/mol. The fraction of sp³-hybridized carbons (Fsp3) is 0.529. The number of hydrogen-bond donors (Lipinski definition) is 2. The molecule has 2 atom stereocenters. The molecule has 0 radical (unpaired) electrons. The number of benzene rings is 1. The highest BCUT2D eigenvalue weighted by Gasteiger charge is 2.29. The van der Waals surface area contributed by atoms with Gasteiger partial charge in [0.05, 0.1) is 18.2 Å². The minimum absolute atomic E-state index is 0.0966. The van der Waals surface area contributed by atoms with Gasteiger partial charge >= 0.3 is 0 Å². The monoisotopic (exact) mass is 328 g/mol. The van der Waals surface area contributed by atoms with E-state index in [-0.39, 0.29) is 17.9 Å². The zero-order chi connectivity index (χ0) is 17.1. The van der Waals surface area contributed by atoms with E-state index >= 15 is 0 Å². The maximum absolute atomic E-state index is 11.6. The number of rotatable bonds is 5. The van der Waals surface area contributed by atoms with E-state index in [0.29, 0.717) is 6.54 Å². The largest absolute Gasteiger partial charge is 0.369 e. The highest BCUT2D eigenvalue weighted by molar-refractivity contribution is 5.77. The summed E-state index contributed by atoms with van der Waals surface area (Å²) in [4.78, 5) is 11.6. The first-order valence-electron chi connectivity index (χ1n) is 8.44. The molecule has 1 aromatic carbocycles. The van der Waals surface area contributed by atoms with E-state index in [2.05, 4.69) is 20.8 Å². The Morgan fingerprint density at radius 3 is 2.71 bits per heavy atom. The lowest BCUT2D eigenvalue weighted by atomic mass is 9.84. The SMILES string of the molecule is Cc1cccc(C)c1-n1nnnc1CN[C@H]1CCCC[C@@H]1C(N)=O. The summed E-state index contributed by atoms with van der Waals surface area (Å²) < 4.78 is 1.78. The molecule has 0 bridgehead atoms. The van der Waals surface area contributed by atoms with Gasteiger partial charge in [0.2, 0.25) is 5.91 Å². The Hall–Kier alpha value is -2.28. The van der Waals surface area contributed by atoms with Gasteiger partial charge in [-0.2, -0.15) is 4.68 Å². The second-order valence-electron chi connectivity index (χ2n) is 6.53. The van der Waals surface area contributed by atoms with Gasteiger partial charge < -0.3 is 11.1 Å². The number of aryl methyl sites for hydroxylation is 2. The van der Waals surface area contributed by atoms with Crippen LogP contribution in [-0.2, 0) is 11.3 Å². The molecule has 1 heterocycles. The third kappa shape index (κ3) is 3.31. The molecule has 0 spiro atoms. The first kappa shape index (κ1) is 16.6. The summed E-state index contributed by atoms with van der Waals surface area (Å²) in [6.07, 6.45) is 3.99. The first-order chi connectivity index (χ1) is 11.6. The van der Waals surface area contributed by atoms with Crippen LogP contribution in [0.5, 0.6) is 0 Å². The summed E-state index contributed by atoms with van der Waals surface area (Å²) in [7, 11) is 0. The molecule has 24 heavy (non-hydrogen) atoms. The van der Waals surface area contributed by atoms with Crippen LogP contribution in [0.3, 0.4) is 0 Å². The fourth-order valence-electron chi connectivity index (χ4n) is 3.57. The van der Waals surface area contributed by atoms with Crippen LogP contribution < -0.4 is 11.1 Å². The van der Waals surface area contributed by atoms with Gasteiger partial charge in [0.1, 0.15) is 0 Å². The van der Waals surface area contributed by atoms with Crippen molar-refractivity contribution in [3.8, 4) is 5.69 Å². The molecule has 1 aliphatic carbocycles. The van der Waals surface area contributed by atoms with Crippen LogP contribution in [0.15, 0.2) is 18.2 Å². The standard InChI is InChI=1S/C17H24N6O/c1-11-6-5-7-12(2)16(11)23-15(20-21-22-23)10-19-14-9-4-3-8-13(14)17(18)24/h5-7,13-14,19H,3-4,8-10H2,1-2H3,(H2,18,24)/t13-,14-/m0/s1. The average molecular weight is 328 g/mol. The van der Waals surface area contributed by atoms with Gasteiger partial charge in [-0.1, -0.05) is 31.0 Å². The second-order valence-corrected chi connectivity index (χ2v) is 6.53. The second kappa shape index (κ2) is 7.09. The van der Waals surface area contributed by atoms with Gasteiger partial charge in [0.15, 0.2) is 5.82 Å². The number of nitrogens with zero attached hydrogens (tertiary/aromatic N) is 4. The summed E-state index contributed by atoms with van der Waals surface area (Å²) in [5, 5.41) is 15.6. The maximum atomic E-state index is 11.6. The molecule has 1 saturated carbocycles. The summed E-state index contributed by atoms with van der Waals surface area (Å²) in [5.41, 5.74) is 8.79. The Kier molecular flexibility index (Phi) is 4.89. The van der Waals surface area contributed by atoms with Crippen molar-refractivity contribution in [3.05, 3.63) is 35.2 Å². The summed E-state index contributed by atoms with van der Waals surface area (Å²) in [6, 6.07) is 6.21. The summed E-state index contributed by atoms with van der Waals surface area (Å²) in [6.45, 7) is 4.60. The van der Waals surface area contributed by atoms with Gasteiger partial charge in [-0.3, -0.25) is 4.79 Å². The minimum Gasteiger partial charge on any atom is -0.369 e. The molecule has 0 saturated heterocycles. The Morgan fingerprint density at radius 1 is 1.29 bits per heavy atom. The lowest BCUT2D eigenvalue weighted by Crippen LogP contribution is -2.44. The van der Waals surface area contributed by atoms with E-state index in [1.54, 1.807) is 4.68 Å². The molecular weight excluding hydrogens is 304 g/mol. The number of nitrogens with two attached hydrogens (primary N) is 1. The fourth-order valence-corrected chi connectivity index (χ4v) is 3.57. The molecule has 1 fully saturated rings. The van der Waals surface area contributed by atoms with E-state index in [1.165, 1.54) is 0 Å². The van der Waals surface area contributed by atoms with Crippen LogP contribution in [-0.4, -0.2) is 32.2 Å². The third-order valence-electron chi connectivity index (χ3n) is 4.84. The Morgan fingerprint density at radius 2 is 2.00 bits per heavy atom. The minimum atomic E-state index is -0.221. The van der Waals surface area contributed by atoms with Crippen LogP contribution in [0.2, 0.25) is 0 Å². The molecule has 3 rings (SSSR count). The lowest BCUT2D eigenvalue weighted by molar-refractivity contribution is -0.123. The molecule has 7 nitrogen and oxygen atoms in total. The van der Waals surface area contributed by atoms with Crippen molar-refractivity contribution in [2.75, 3.05) is 0 Å². The number of tetrazole rings is 1. The van der Waals surface area contributed by atoms with Crippen molar-refractivity contribution < 1.29 is 4.79 Å². The number of primary amides is 1. The van der Waals surface area contributed by atoms with Gasteiger partial charge in [0.25, 0.3) is 0 Å². The first-order valence-corrected chi connectivity index (χ1v) is 8.44. The van der Waals surface area contributed by atoms with E-state index in [1.807, 2.05) is 32.0 Å². The number of para-hydroxylation sites is 1. The Labute approximate surface area is 141 Å². The normalized spacial score (nSPS) is 20.9. The Balaban J connectivity index is 1.78. The topological polar surface area (TPSA) is 98.7 Å². The number of carbonyl (C=O) groups excluding carboxylic acids is 1. The number of aromatic nitrogens is 4. The van der Waals surface area contributed by atoms with Gasteiger partial charge in [-0.25, -0.2) is 0 Å². The molecule has 1 aliphatic rings. The molecule has 7 heteroatoms. The van der Waals surface area contributed by atoms with Crippen molar-refractivity contribution in [3.63, 3.8) is 0 Å². The predicted octanol–water partition coefficient (Wildman–Crippen LogP) is 1.41. The average Bonchev–Trinajstić information content (AvgIpc) is 3.01. The van der Waals surface area contributed by atoms with E-state index in [4.69, 9.17) is 5.73 Å². The number of carbonyl (C=O) groups is 1. The van der Waals surface area contributed by atoms with Gasteiger partial charge in [0, 0.05) is 6.04 Å². The molecule has 0 unspecified atom stereocenters. The molecule has 1 aromatic heterocycles. The van der Waals surface area contributed by atoms with E-state index in [9.17, 15) is 4.79 Å². The Bertz CT molecular complexity index is 705. The lowest BCUT2D eigenvalue weighted by Gasteiger charge is -2.30. The van der Waals surface area contributed by atoms with Crippen LogP contribution in [0.4, 0.5) is 0 Å². The van der Waals surface area contributed by atoms with Crippen molar-refractivity contribution in [1.82, 2.24) is 25.5 Å². The molecule has 128 valence electrons. The van der Waals surface area contributed by atoms with Crippen molar-refractivity contribution in [2.24, 2.45) is 11.7 Å². The van der Waals surface area contributed by atoms with E-state index < -0.39 is 0 Å². The van der Waals surface area contributed by atoms with Gasteiger partial charge in [-0.15, -0.1) is 5.10 Å². The quantitative estimate of drug-likeness (QED) is 0.864.